The van der Waals surface area contributed by atoms with Crippen LogP contribution in [0.2, 0.25) is 0 Å². The van der Waals surface area contributed by atoms with Gasteiger partial charge in [0.15, 0.2) is 0 Å². The first-order valence-electron chi connectivity index (χ1n) is 4.33. The fourth-order valence-electron chi connectivity index (χ4n) is 1.89. The largest absolute Gasteiger partial charge is 0.401 e. The van der Waals surface area contributed by atoms with E-state index in [1.54, 1.807) is 0 Å². The van der Waals surface area contributed by atoms with Gasteiger partial charge in [0.2, 0.25) is 0 Å². The summed E-state index contributed by atoms with van der Waals surface area (Å²) in [4.78, 5) is 0. The zero-order valence-corrected chi connectivity index (χ0v) is 7.28. The summed E-state index contributed by atoms with van der Waals surface area (Å²) in [7, 11) is 0. The molecule has 1 unspecified atom stereocenters. The molecule has 1 saturated carbocycles. The number of hydrogen-bond donors (Lipinski definition) is 2. The SMILES string of the molecule is CC1(C)CC1C1=C(N)CCN1. The third-order valence-electron chi connectivity index (χ3n) is 2.92. The summed E-state index contributed by atoms with van der Waals surface area (Å²) in [6.45, 7) is 5.66. The quantitative estimate of drug-likeness (QED) is 0.592. The van der Waals surface area contributed by atoms with Crippen molar-refractivity contribution in [1.29, 1.82) is 0 Å². The molecule has 2 heteroatoms. The molecular weight excluding hydrogens is 136 g/mol. The molecule has 0 aromatic rings. The van der Waals surface area contributed by atoms with Crippen molar-refractivity contribution < 1.29 is 0 Å². The summed E-state index contributed by atoms with van der Waals surface area (Å²) in [5.74, 6) is 0.727. The van der Waals surface area contributed by atoms with Crippen LogP contribution in [-0.4, -0.2) is 6.54 Å². The van der Waals surface area contributed by atoms with E-state index in [2.05, 4.69) is 19.2 Å². The molecule has 0 aromatic heterocycles. The molecule has 1 fully saturated rings. The zero-order valence-electron chi connectivity index (χ0n) is 7.28. The van der Waals surface area contributed by atoms with Crippen LogP contribution in [-0.2, 0) is 0 Å². The molecule has 1 atom stereocenters. The fraction of sp³-hybridized carbons (Fsp3) is 0.778. The summed E-state index contributed by atoms with van der Waals surface area (Å²) >= 11 is 0. The van der Waals surface area contributed by atoms with Gasteiger partial charge in [-0.2, -0.15) is 0 Å². The summed E-state index contributed by atoms with van der Waals surface area (Å²) < 4.78 is 0. The molecule has 2 rings (SSSR count). The van der Waals surface area contributed by atoms with E-state index in [1.807, 2.05) is 0 Å². The minimum atomic E-state index is 0.511. The van der Waals surface area contributed by atoms with Gasteiger partial charge in [0, 0.05) is 30.3 Å². The highest BCUT2D eigenvalue weighted by Gasteiger charge is 2.49. The Kier molecular flexibility index (Phi) is 1.23. The van der Waals surface area contributed by atoms with Crippen LogP contribution in [0.3, 0.4) is 0 Å². The third kappa shape index (κ3) is 1.01. The Morgan fingerprint density at radius 1 is 1.55 bits per heavy atom. The van der Waals surface area contributed by atoms with Gasteiger partial charge in [-0.3, -0.25) is 0 Å². The summed E-state index contributed by atoms with van der Waals surface area (Å²) in [5.41, 5.74) is 8.81. The second-order valence-corrected chi connectivity index (χ2v) is 4.36. The van der Waals surface area contributed by atoms with E-state index in [0.717, 1.165) is 24.6 Å². The Morgan fingerprint density at radius 3 is 2.55 bits per heavy atom. The Bertz CT molecular complexity index is 216. The molecule has 2 aliphatic rings. The Balaban J connectivity index is 2.13. The van der Waals surface area contributed by atoms with E-state index in [-0.39, 0.29) is 0 Å². The van der Waals surface area contributed by atoms with Crippen LogP contribution in [0.4, 0.5) is 0 Å². The molecule has 3 N–H and O–H groups in total. The first kappa shape index (κ1) is 7.01. The molecule has 0 saturated heterocycles. The van der Waals surface area contributed by atoms with Crippen LogP contribution in [0, 0.1) is 11.3 Å². The van der Waals surface area contributed by atoms with Crippen molar-refractivity contribution in [3.05, 3.63) is 11.4 Å². The molecule has 0 amide bonds. The van der Waals surface area contributed by atoms with Gasteiger partial charge in [-0.15, -0.1) is 0 Å². The molecule has 62 valence electrons. The molecule has 0 radical (unpaired) electrons. The van der Waals surface area contributed by atoms with Crippen molar-refractivity contribution in [2.45, 2.75) is 26.7 Å². The van der Waals surface area contributed by atoms with Crippen LogP contribution in [0.15, 0.2) is 11.4 Å². The lowest BCUT2D eigenvalue weighted by molar-refractivity contribution is 0.581. The van der Waals surface area contributed by atoms with Crippen LogP contribution >= 0.6 is 0 Å². The molecule has 1 heterocycles. The first-order chi connectivity index (χ1) is 5.11. The van der Waals surface area contributed by atoms with E-state index >= 15 is 0 Å². The second kappa shape index (κ2) is 1.93. The smallest absolute Gasteiger partial charge is 0.0335 e. The Morgan fingerprint density at radius 2 is 2.18 bits per heavy atom. The predicted octanol–water partition coefficient (Wildman–Crippen LogP) is 1.20. The van der Waals surface area contributed by atoms with Crippen molar-refractivity contribution in [2.24, 2.45) is 17.1 Å². The minimum absolute atomic E-state index is 0.511. The Labute approximate surface area is 67.8 Å². The zero-order chi connectivity index (χ0) is 8.06. The van der Waals surface area contributed by atoms with Gasteiger partial charge in [0.05, 0.1) is 0 Å². The Hall–Kier alpha value is -0.660. The van der Waals surface area contributed by atoms with Crippen LogP contribution in [0.1, 0.15) is 26.7 Å². The molecule has 11 heavy (non-hydrogen) atoms. The van der Waals surface area contributed by atoms with E-state index in [4.69, 9.17) is 5.73 Å². The van der Waals surface area contributed by atoms with Crippen molar-refractivity contribution in [3.63, 3.8) is 0 Å². The standard InChI is InChI=1S/C9H16N2/c1-9(2)5-6(9)8-7(10)3-4-11-8/h6,11H,3-5,10H2,1-2H3. The number of hydrogen-bond acceptors (Lipinski definition) is 2. The normalized spacial score (nSPS) is 33.8. The van der Waals surface area contributed by atoms with Crippen molar-refractivity contribution in [3.8, 4) is 0 Å². The van der Waals surface area contributed by atoms with Gasteiger partial charge in [0.25, 0.3) is 0 Å². The molecule has 1 aliphatic carbocycles. The van der Waals surface area contributed by atoms with Gasteiger partial charge in [-0.25, -0.2) is 0 Å². The predicted molar refractivity (Wildman–Crippen MR) is 45.7 cm³/mol. The maximum Gasteiger partial charge on any atom is 0.0335 e. The van der Waals surface area contributed by atoms with Crippen molar-refractivity contribution in [1.82, 2.24) is 5.32 Å². The minimum Gasteiger partial charge on any atom is -0.401 e. The maximum absolute atomic E-state index is 5.86. The van der Waals surface area contributed by atoms with Crippen LogP contribution in [0.25, 0.3) is 0 Å². The van der Waals surface area contributed by atoms with Crippen LogP contribution < -0.4 is 11.1 Å². The van der Waals surface area contributed by atoms with Crippen molar-refractivity contribution >= 4 is 0 Å². The van der Waals surface area contributed by atoms with Gasteiger partial charge >= 0.3 is 0 Å². The second-order valence-electron chi connectivity index (χ2n) is 4.36. The number of rotatable bonds is 1. The highest BCUT2D eigenvalue weighted by molar-refractivity contribution is 5.25. The average molecular weight is 152 g/mol. The van der Waals surface area contributed by atoms with Crippen LogP contribution in [0.5, 0.6) is 0 Å². The lowest BCUT2D eigenvalue weighted by atomic mass is 10.1. The molecular formula is C9H16N2. The van der Waals surface area contributed by atoms with Crippen molar-refractivity contribution in [2.75, 3.05) is 6.54 Å². The van der Waals surface area contributed by atoms with E-state index in [0.29, 0.717) is 5.41 Å². The first-order valence-corrected chi connectivity index (χ1v) is 4.33. The third-order valence-corrected chi connectivity index (χ3v) is 2.92. The van der Waals surface area contributed by atoms with E-state index in [9.17, 15) is 0 Å². The number of nitrogens with one attached hydrogen (secondary N) is 1. The lowest BCUT2D eigenvalue weighted by Gasteiger charge is -2.06. The number of nitrogens with two attached hydrogens (primary N) is 1. The molecule has 0 bridgehead atoms. The fourth-order valence-corrected chi connectivity index (χ4v) is 1.89. The molecule has 0 spiro atoms. The highest BCUT2D eigenvalue weighted by Crippen LogP contribution is 2.55. The topological polar surface area (TPSA) is 38.0 Å². The van der Waals surface area contributed by atoms with Gasteiger partial charge in [-0.05, 0) is 11.8 Å². The lowest BCUT2D eigenvalue weighted by Crippen LogP contribution is -2.12. The molecule has 0 aromatic carbocycles. The monoisotopic (exact) mass is 152 g/mol. The summed E-state index contributed by atoms with van der Waals surface area (Å²) in [6.07, 6.45) is 2.35. The summed E-state index contributed by atoms with van der Waals surface area (Å²) in [5, 5.41) is 3.38. The highest BCUT2D eigenvalue weighted by atomic mass is 15.0. The van der Waals surface area contributed by atoms with Gasteiger partial charge < -0.3 is 11.1 Å². The number of allylic oxidation sites excluding steroid dienone is 1. The average Bonchev–Trinajstić information content (AvgIpc) is 2.38. The molecule has 2 nitrogen and oxygen atoms in total. The molecule has 1 aliphatic heterocycles. The van der Waals surface area contributed by atoms with Gasteiger partial charge in [0.1, 0.15) is 0 Å². The summed E-state index contributed by atoms with van der Waals surface area (Å²) in [6, 6.07) is 0. The van der Waals surface area contributed by atoms with E-state index < -0.39 is 0 Å². The van der Waals surface area contributed by atoms with E-state index in [1.165, 1.54) is 12.1 Å². The maximum atomic E-state index is 5.86. The van der Waals surface area contributed by atoms with Gasteiger partial charge in [-0.1, -0.05) is 13.8 Å².